The van der Waals surface area contributed by atoms with E-state index in [0.29, 0.717) is 11.3 Å². The highest BCUT2D eigenvalue weighted by Gasteiger charge is 2.17. The van der Waals surface area contributed by atoms with Gasteiger partial charge in [-0.15, -0.1) is 0 Å². The molecule has 0 aliphatic heterocycles. The summed E-state index contributed by atoms with van der Waals surface area (Å²) < 4.78 is 16.0. The number of aryl methyl sites for hydroxylation is 1. The fourth-order valence-electron chi connectivity index (χ4n) is 1.97. The van der Waals surface area contributed by atoms with Crippen molar-refractivity contribution in [3.63, 3.8) is 0 Å². The summed E-state index contributed by atoms with van der Waals surface area (Å²) in [6.45, 7) is 2.19. The molecule has 0 bridgehead atoms. The van der Waals surface area contributed by atoms with Crippen LogP contribution in [0.25, 0.3) is 0 Å². The van der Waals surface area contributed by atoms with Gasteiger partial charge in [0.15, 0.2) is 5.75 Å². The molecule has 2 rings (SSSR count). The molecule has 0 fully saturated rings. The minimum absolute atomic E-state index is 0.00746. The van der Waals surface area contributed by atoms with Gasteiger partial charge in [-0.1, -0.05) is 12.1 Å². The average Bonchev–Trinajstić information content (AvgIpc) is 2.52. The maximum atomic E-state index is 11.0. The number of nitro groups is 1. The number of rotatable bonds is 7. The van der Waals surface area contributed by atoms with Gasteiger partial charge < -0.3 is 14.2 Å². The first-order valence-corrected chi connectivity index (χ1v) is 6.75. The van der Waals surface area contributed by atoms with E-state index in [2.05, 4.69) is 0 Å². The van der Waals surface area contributed by atoms with Crippen LogP contribution in [0.1, 0.15) is 5.56 Å². The summed E-state index contributed by atoms with van der Waals surface area (Å²) in [6, 6.07) is 12.1. The van der Waals surface area contributed by atoms with Gasteiger partial charge in [0.05, 0.1) is 12.0 Å². The molecule has 0 N–H and O–H groups in total. The molecule has 0 atom stereocenters. The van der Waals surface area contributed by atoms with Gasteiger partial charge in [0.25, 0.3) is 0 Å². The van der Waals surface area contributed by atoms with Crippen LogP contribution in [-0.2, 0) is 0 Å². The van der Waals surface area contributed by atoms with E-state index in [4.69, 9.17) is 14.2 Å². The molecule has 2 aromatic carbocycles. The number of nitro benzene ring substituents is 1. The number of benzene rings is 2. The SMILES string of the molecule is COc1ccc(OCCOc2cccc(C)c2[N+](=O)[O-])cc1. The van der Waals surface area contributed by atoms with Gasteiger partial charge in [0, 0.05) is 5.56 Å². The van der Waals surface area contributed by atoms with E-state index in [9.17, 15) is 10.1 Å². The molecule has 0 amide bonds. The highest BCUT2D eigenvalue weighted by Crippen LogP contribution is 2.30. The van der Waals surface area contributed by atoms with Gasteiger partial charge in [-0.25, -0.2) is 0 Å². The lowest BCUT2D eigenvalue weighted by Gasteiger charge is -2.10. The molecule has 0 saturated carbocycles. The number of para-hydroxylation sites is 1. The van der Waals surface area contributed by atoms with E-state index in [0.717, 1.165) is 5.75 Å². The van der Waals surface area contributed by atoms with Crippen molar-refractivity contribution in [3.05, 3.63) is 58.1 Å². The summed E-state index contributed by atoms with van der Waals surface area (Å²) in [5.74, 6) is 1.69. The molecular weight excluding hydrogens is 286 g/mol. The first-order chi connectivity index (χ1) is 10.6. The van der Waals surface area contributed by atoms with E-state index < -0.39 is 4.92 Å². The second-order valence-electron chi connectivity index (χ2n) is 4.55. The average molecular weight is 303 g/mol. The molecule has 0 radical (unpaired) electrons. The van der Waals surface area contributed by atoms with Gasteiger partial charge in [-0.3, -0.25) is 10.1 Å². The normalized spacial score (nSPS) is 10.1. The lowest BCUT2D eigenvalue weighted by molar-refractivity contribution is -0.386. The monoisotopic (exact) mass is 303 g/mol. The summed E-state index contributed by atoms with van der Waals surface area (Å²) in [5, 5.41) is 11.0. The molecule has 2 aromatic rings. The molecule has 0 spiro atoms. The van der Waals surface area contributed by atoms with E-state index in [-0.39, 0.29) is 24.7 Å². The first-order valence-electron chi connectivity index (χ1n) is 6.75. The maximum absolute atomic E-state index is 11.0. The summed E-state index contributed by atoms with van der Waals surface area (Å²) in [7, 11) is 1.60. The van der Waals surface area contributed by atoms with Crippen molar-refractivity contribution < 1.29 is 19.1 Å². The third kappa shape index (κ3) is 3.88. The Morgan fingerprint density at radius 1 is 1.00 bits per heavy atom. The highest BCUT2D eigenvalue weighted by molar-refractivity contribution is 5.52. The Balaban J connectivity index is 1.88. The van der Waals surface area contributed by atoms with Gasteiger partial charge >= 0.3 is 5.69 Å². The number of ether oxygens (including phenoxy) is 3. The van der Waals surface area contributed by atoms with E-state index in [1.54, 1.807) is 56.5 Å². The van der Waals surface area contributed by atoms with Crippen molar-refractivity contribution in [3.8, 4) is 17.2 Å². The number of hydrogen-bond acceptors (Lipinski definition) is 5. The summed E-state index contributed by atoms with van der Waals surface area (Å²) >= 11 is 0. The van der Waals surface area contributed by atoms with Crippen LogP contribution in [-0.4, -0.2) is 25.2 Å². The highest BCUT2D eigenvalue weighted by atomic mass is 16.6. The van der Waals surface area contributed by atoms with Gasteiger partial charge in [0.1, 0.15) is 24.7 Å². The first kappa shape index (κ1) is 15.6. The molecular formula is C16H17NO5. The predicted molar refractivity (Wildman–Crippen MR) is 81.8 cm³/mol. The zero-order valence-corrected chi connectivity index (χ0v) is 12.4. The molecule has 0 aromatic heterocycles. The van der Waals surface area contributed by atoms with Crippen LogP contribution >= 0.6 is 0 Å². The maximum Gasteiger partial charge on any atom is 0.313 e. The molecule has 0 heterocycles. The Morgan fingerprint density at radius 3 is 2.27 bits per heavy atom. The van der Waals surface area contributed by atoms with Crippen LogP contribution in [0.2, 0.25) is 0 Å². The molecule has 0 unspecified atom stereocenters. The Morgan fingerprint density at radius 2 is 1.64 bits per heavy atom. The van der Waals surface area contributed by atoms with E-state index in [1.165, 1.54) is 0 Å². The fraction of sp³-hybridized carbons (Fsp3) is 0.250. The number of methoxy groups -OCH3 is 1. The third-order valence-electron chi connectivity index (χ3n) is 3.05. The lowest BCUT2D eigenvalue weighted by atomic mass is 10.2. The minimum atomic E-state index is -0.436. The number of nitrogens with zero attached hydrogens (tertiary/aromatic N) is 1. The summed E-state index contributed by atoms with van der Waals surface area (Å²) in [5.41, 5.74) is 0.561. The molecule has 22 heavy (non-hydrogen) atoms. The second-order valence-corrected chi connectivity index (χ2v) is 4.55. The topological polar surface area (TPSA) is 70.8 Å². The van der Waals surface area contributed by atoms with Gasteiger partial charge in [-0.2, -0.15) is 0 Å². The van der Waals surface area contributed by atoms with Crippen molar-refractivity contribution in [2.75, 3.05) is 20.3 Å². The van der Waals surface area contributed by atoms with Crippen LogP contribution in [0.5, 0.6) is 17.2 Å². The summed E-state index contributed by atoms with van der Waals surface area (Å²) in [6.07, 6.45) is 0. The smallest absolute Gasteiger partial charge is 0.313 e. The Hall–Kier alpha value is -2.76. The van der Waals surface area contributed by atoms with Crippen LogP contribution in [0.15, 0.2) is 42.5 Å². The van der Waals surface area contributed by atoms with Crippen molar-refractivity contribution in [1.29, 1.82) is 0 Å². The quantitative estimate of drug-likeness (QED) is 0.445. The lowest BCUT2D eigenvalue weighted by Crippen LogP contribution is -2.10. The minimum Gasteiger partial charge on any atom is -0.497 e. The van der Waals surface area contributed by atoms with Crippen molar-refractivity contribution >= 4 is 5.69 Å². The predicted octanol–water partition coefficient (Wildman–Crippen LogP) is 3.37. The molecule has 6 heteroatoms. The Kier molecular flexibility index (Phi) is 5.19. The second kappa shape index (κ2) is 7.31. The molecule has 0 saturated heterocycles. The summed E-state index contributed by atoms with van der Waals surface area (Å²) in [4.78, 5) is 10.6. The largest absolute Gasteiger partial charge is 0.497 e. The fourth-order valence-corrected chi connectivity index (χ4v) is 1.97. The zero-order valence-electron chi connectivity index (χ0n) is 12.4. The van der Waals surface area contributed by atoms with Gasteiger partial charge in [0.2, 0.25) is 0 Å². The van der Waals surface area contributed by atoms with E-state index in [1.807, 2.05) is 0 Å². The third-order valence-corrected chi connectivity index (χ3v) is 3.05. The van der Waals surface area contributed by atoms with Crippen molar-refractivity contribution in [2.24, 2.45) is 0 Å². The standard InChI is InChI=1S/C16H17NO5/c1-12-4-3-5-15(16(12)17(18)19)22-11-10-21-14-8-6-13(20-2)7-9-14/h3-9H,10-11H2,1-2H3. The van der Waals surface area contributed by atoms with Crippen molar-refractivity contribution in [1.82, 2.24) is 0 Å². The van der Waals surface area contributed by atoms with Crippen molar-refractivity contribution in [2.45, 2.75) is 6.92 Å². The van der Waals surface area contributed by atoms with Crippen LogP contribution < -0.4 is 14.2 Å². The van der Waals surface area contributed by atoms with E-state index >= 15 is 0 Å². The van der Waals surface area contributed by atoms with Crippen LogP contribution in [0.3, 0.4) is 0 Å². The number of hydrogen-bond donors (Lipinski definition) is 0. The molecule has 0 aliphatic carbocycles. The molecule has 6 nitrogen and oxygen atoms in total. The molecule has 0 aliphatic rings. The zero-order chi connectivity index (χ0) is 15.9. The van der Waals surface area contributed by atoms with Crippen LogP contribution in [0.4, 0.5) is 5.69 Å². The molecule has 116 valence electrons. The van der Waals surface area contributed by atoms with Crippen LogP contribution in [0, 0.1) is 17.0 Å². The Bertz CT molecular complexity index is 639. The van der Waals surface area contributed by atoms with Gasteiger partial charge in [-0.05, 0) is 37.3 Å². The Labute approximate surface area is 128 Å².